The molecule has 0 spiro atoms. The van der Waals surface area contributed by atoms with Crippen LogP contribution in [0.2, 0.25) is 0 Å². The largest absolute Gasteiger partial charge is 0.450 e. The first-order valence-corrected chi connectivity index (χ1v) is 32.5. The molecule has 7 N–H and O–H groups in total. The van der Waals surface area contributed by atoms with Crippen LogP contribution in [-0.4, -0.2) is 252 Å². The summed E-state index contributed by atoms with van der Waals surface area (Å²) in [5.41, 5.74) is 5.11. The van der Waals surface area contributed by atoms with Gasteiger partial charge in [-0.3, -0.25) is 52.7 Å². The molecule has 27 nitrogen and oxygen atoms in total. The third kappa shape index (κ3) is 24.2. The second kappa shape index (κ2) is 39.0. The van der Waals surface area contributed by atoms with Crippen LogP contribution in [0.15, 0.2) is 12.2 Å². The van der Waals surface area contributed by atoms with Crippen LogP contribution < -0.4 is 27.0 Å². The molecule has 13 atom stereocenters. The molecule has 12 amide bonds. The molecule has 0 saturated carbocycles. The number of allylic oxidation sites excluding steroid dienone is 2. The zero-order chi connectivity index (χ0) is 71.1. The van der Waals surface area contributed by atoms with Gasteiger partial charge >= 0.3 is 6.09 Å². The minimum absolute atomic E-state index is 0.00893. The van der Waals surface area contributed by atoms with E-state index in [4.69, 9.17) is 15.2 Å². The van der Waals surface area contributed by atoms with E-state index in [0.29, 0.717) is 12.8 Å². The minimum atomic E-state index is -1.66. The smallest absolute Gasteiger partial charge is 0.404 e. The summed E-state index contributed by atoms with van der Waals surface area (Å²) in [6.07, 6.45) is 1.27. The maximum absolute atomic E-state index is 15.2. The molecule has 92 heavy (non-hydrogen) atoms. The van der Waals surface area contributed by atoms with Gasteiger partial charge in [-0.05, 0) is 108 Å². The number of nitrogens with one attached hydrogen (secondary N) is 4. The fourth-order valence-corrected chi connectivity index (χ4v) is 11.2. The predicted octanol–water partition coefficient (Wildman–Crippen LogP) is 2.50. The van der Waals surface area contributed by atoms with E-state index in [0.717, 1.165) is 14.7 Å². The second-order valence-corrected chi connectivity index (χ2v) is 26.8. The highest BCUT2D eigenvalue weighted by atomic mass is 16.5. The first-order valence-electron chi connectivity index (χ1n) is 32.5. The quantitative estimate of drug-likeness (QED) is 0.0754. The average molecular weight is 1310 g/mol. The molecule has 1 aliphatic rings. The summed E-state index contributed by atoms with van der Waals surface area (Å²) >= 11 is 0. The average Bonchev–Trinajstić information content (AvgIpc) is 0.831. The summed E-state index contributed by atoms with van der Waals surface area (Å²) in [7, 11) is 9.66. The summed E-state index contributed by atoms with van der Waals surface area (Å²) in [6.45, 7) is 26.7. The lowest BCUT2D eigenvalue weighted by Gasteiger charge is -2.41. The van der Waals surface area contributed by atoms with Crippen molar-refractivity contribution in [2.75, 3.05) is 69.1 Å². The van der Waals surface area contributed by atoms with Crippen LogP contribution in [-0.2, 0) is 62.2 Å². The van der Waals surface area contributed by atoms with Gasteiger partial charge in [0.2, 0.25) is 65.0 Å². The highest BCUT2D eigenvalue weighted by Crippen LogP contribution is 2.26. The Morgan fingerprint density at radius 2 is 1.01 bits per heavy atom. The highest BCUT2D eigenvalue weighted by Gasteiger charge is 2.46. The van der Waals surface area contributed by atoms with E-state index in [9.17, 15) is 53.1 Å². The van der Waals surface area contributed by atoms with Crippen molar-refractivity contribution < 1.29 is 72.1 Å². The van der Waals surface area contributed by atoms with Crippen molar-refractivity contribution in [3.05, 3.63) is 12.2 Å². The third-order valence-corrected chi connectivity index (χ3v) is 16.9. The molecule has 27 heteroatoms. The van der Waals surface area contributed by atoms with E-state index < -0.39 is 168 Å². The van der Waals surface area contributed by atoms with Gasteiger partial charge in [-0.1, -0.05) is 95.2 Å². The summed E-state index contributed by atoms with van der Waals surface area (Å²) in [5, 5.41) is 23.0. The van der Waals surface area contributed by atoms with Crippen LogP contribution >= 0.6 is 0 Å². The summed E-state index contributed by atoms with van der Waals surface area (Å²) in [5.74, 6) is -10.5. The Kier molecular flexibility index (Phi) is 35.2. The zero-order valence-corrected chi connectivity index (χ0v) is 59.5. The number of carbonyl (C=O) groups excluding carboxylic acids is 12. The van der Waals surface area contributed by atoms with Crippen LogP contribution in [0.25, 0.3) is 0 Å². The van der Waals surface area contributed by atoms with Crippen molar-refractivity contribution in [2.45, 2.75) is 228 Å². The van der Waals surface area contributed by atoms with Crippen LogP contribution in [0.1, 0.15) is 156 Å². The maximum Gasteiger partial charge on any atom is 0.404 e. The number of primary amides is 1. The number of hydrogen-bond donors (Lipinski definition) is 6. The van der Waals surface area contributed by atoms with Crippen LogP contribution in [0, 0.1) is 35.5 Å². The topological polar surface area (TPSA) is 340 Å². The van der Waals surface area contributed by atoms with Crippen LogP contribution in [0.4, 0.5) is 4.79 Å². The van der Waals surface area contributed by atoms with Gasteiger partial charge in [0.25, 0.3) is 0 Å². The summed E-state index contributed by atoms with van der Waals surface area (Å²) in [6, 6.07) is -13.1. The second-order valence-electron chi connectivity index (χ2n) is 26.8. The van der Waals surface area contributed by atoms with Crippen molar-refractivity contribution in [2.24, 2.45) is 41.2 Å². The summed E-state index contributed by atoms with van der Waals surface area (Å²) in [4.78, 5) is 181. The highest BCUT2D eigenvalue weighted by molar-refractivity contribution is 5.99. The Labute approximate surface area is 547 Å². The van der Waals surface area contributed by atoms with E-state index in [1.165, 1.54) is 89.7 Å². The van der Waals surface area contributed by atoms with Crippen molar-refractivity contribution in [3.63, 3.8) is 0 Å². The first-order chi connectivity index (χ1) is 42.6. The molecular weight excluding hydrogens is 1190 g/mol. The number of likely N-dealkylation sites (N-methyl/N-ethyl adjacent to an activating group) is 7. The molecule has 1 fully saturated rings. The Hall–Kier alpha value is -6.90. The molecule has 0 unspecified atom stereocenters. The van der Waals surface area contributed by atoms with Gasteiger partial charge in [-0.25, -0.2) is 4.79 Å². The maximum atomic E-state index is 15.2. The van der Waals surface area contributed by atoms with Crippen molar-refractivity contribution in [1.82, 2.24) is 55.6 Å². The number of amides is 12. The fourth-order valence-electron chi connectivity index (χ4n) is 11.2. The minimum Gasteiger partial charge on any atom is -0.450 e. The summed E-state index contributed by atoms with van der Waals surface area (Å²) < 4.78 is 10.9. The number of aliphatic hydroxyl groups excluding tert-OH is 1. The van der Waals surface area contributed by atoms with Gasteiger partial charge in [-0.15, -0.1) is 0 Å². The molecule has 0 aliphatic carbocycles. The first kappa shape index (κ1) is 83.1. The Bertz CT molecular complexity index is 2530. The van der Waals surface area contributed by atoms with Crippen LogP contribution in [0.3, 0.4) is 0 Å². The van der Waals surface area contributed by atoms with E-state index in [1.54, 1.807) is 60.6 Å². The molecule has 0 aromatic carbocycles. The Morgan fingerprint density at radius 3 is 1.50 bits per heavy atom. The molecule has 1 aliphatic heterocycles. The van der Waals surface area contributed by atoms with Gasteiger partial charge in [0.1, 0.15) is 60.4 Å². The fraction of sp³-hybridized carbons (Fsp3) is 0.785. The van der Waals surface area contributed by atoms with E-state index in [1.807, 2.05) is 41.5 Å². The van der Waals surface area contributed by atoms with E-state index >= 15 is 9.59 Å². The Balaban J connectivity index is 4.38. The number of hydrogen-bond acceptors (Lipinski definition) is 15. The molecule has 0 bridgehead atoms. The molecule has 526 valence electrons. The number of carbonyl (C=O) groups is 12. The predicted molar refractivity (Wildman–Crippen MR) is 349 cm³/mol. The number of rotatable bonds is 20. The monoisotopic (exact) mass is 1300 g/mol. The molecular formula is C65H116N12O15. The zero-order valence-electron chi connectivity index (χ0n) is 59.5. The lowest BCUT2D eigenvalue weighted by molar-refractivity contribution is -0.157. The number of aliphatic hydroxyl groups is 1. The number of unbranched alkanes of at least 4 members (excludes halogenated alkanes) is 1. The van der Waals surface area contributed by atoms with Crippen molar-refractivity contribution in [3.8, 4) is 0 Å². The normalized spacial score (nSPS) is 26.0. The molecule has 0 aromatic rings. The molecule has 1 rings (SSSR count). The molecule has 0 aromatic heterocycles. The van der Waals surface area contributed by atoms with Crippen molar-refractivity contribution >= 4 is 71.1 Å². The lowest BCUT2D eigenvalue weighted by Crippen LogP contribution is -2.63. The number of ether oxygens (including phenoxy) is 2. The van der Waals surface area contributed by atoms with Gasteiger partial charge in [-0.2, -0.15) is 0 Å². The van der Waals surface area contributed by atoms with E-state index in [-0.39, 0.29) is 63.1 Å². The SMILES string of the molecule is C/C=C/C[C@@H](C)[C@@H](O)[C@H]1C(=O)N[C@@H](CC)C(=O)N(C)CC(=O)N(C)[C@@H]([C@@H](C)OCCCCOC(N)=O)C(=O)N[C@@H](C(C)C)C(=O)N(C)[C@H](CC(C)C)C(=O)N[C@@H](C)C(=O)N[C@@H](C)C(=O)N(C)[C@@H](CC(C)C)C(=O)N(C)[C@H](CC(C)C)C(=O)N(C)[C@@H](C(C)C)C(=O)N1C. The molecule has 1 saturated heterocycles. The third-order valence-electron chi connectivity index (χ3n) is 16.9. The molecule has 1 heterocycles. The Morgan fingerprint density at radius 1 is 0.543 bits per heavy atom. The van der Waals surface area contributed by atoms with Crippen LogP contribution in [0.5, 0.6) is 0 Å². The molecule has 0 radical (unpaired) electrons. The standard InChI is InChI=1S/C65H116N12O15/c1-24-26-29-41(13)54(79)53-58(83)69-45(25-2)60(85)71(17)35-49(78)75(21)52(44(16)91-30-27-28-31-92-65(66)90)57(82)70-50(39(9)10)63(88)72(18)46(32-36(3)4)56(81)67-42(14)55(80)68-43(15)59(84)73(19)47(33-37(5)6)61(86)74(20)48(34-38(7)8)62(87)76(22)51(40(11)12)64(89)77(53)23/h24,26,36-48,50-54,79H,25,27-35H2,1-23H3,(H2,66,90)(H,67,81)(H,68,80)(H,69,83)(H,70,82)/b26-24+/t41-,42+,43+,44-,45+,46-,47+,48-,50+,51+,52+,53+,54-/m1/s1. The number of nitrogens with two attached hydrogens (primary N) is 1. The van der Waals surface area contributed by atoms with E-state index in [2.05, 4.69) is 21.3 Å². The van der Waals surface area contributed by atoms with Gasteiger partial charge in [0.05, 0.1) is 25.4 Å². The van der Waals surface area contributed by atoms with Gasteiger partial charge in [0, 0.05) is 55.9 Å². The van der Waals surface area contributed by atoms with Gasteiger partial charge in [0.15, 0.2) is 0 Å². The van der Waals surface area contributed by atoms with Crippen molar-refractivity contribution in [1.29, 1.82) is 0 Å². The van der Waals surface area contributed by atoms with Gasteiger partial charge < -0.3 is 75.9 Å². The lowest BCUT2D eigenvalue weighted by atomic mass is 9.91. The number of nitrogens with zero attached hydrogens (tertiary/aromatic N) is 7.